The number of isocyanates is 3. The quantitative estimate of drug-likeness (QED) is 0.456. The van der Waals surface area contributed by atoms with E-state index in [1.165, 1.54) is 11.1 Å². The Morgan fingerprint density at radius 1 is 0.621 bits per heavy atom. The van der Waals surface area contributed by atoms with Crippen LogP contribution in [0.1, 0.15) is 22.3 Å². The van der Waals surface area contributed by atoms with Crippen molar-refractivity contribution in [1.82, 2.24) is 0 Å². The van der Waals surface area contributed by atoms with Crippen LogP contribution in [-0.2, 0) is 27.2 Å². The Morgan fingerprint density at radius 2 is 0.966 bits per heavy atom. The summed E-state index contributed by atoms with van der Waals surface area (Å²) in [7, 11) is 0. The molecule has 6 nitrogen and oxygen atoms in total. The molecule has 0 radical (unpaired) electrons. The summed E-state index contributed by atoms with van der Waals surface area (Å²) in [6, 6.07) is 23.5. The van der Waals surface area contributed by atoms with E-state index in [0.29, 0.717) is 17.5 Å². The van der Waals surface area contributed by atoms with E-state index in [0.717, 1.165) is 24.0 Å². The molecule has 0 amide bonds. The lowest BCUT2D eigenvalue weighted by Crippen LogP contribution is -1.97. The van der Waals surface area contributed by atoms with Crippen molar-refractivity contribution in [2.75, 3.05) is 0 Å². The topological polar surface area (TPSA) is 98.2 Å². The Hall–Kier alpha value is -4.20. The molecule has 0 aromatic heterocycles. The summed E-state index contributed by atoms with van der Waals surface area (Å²) >= 11 is 0. The summed E-state index contributed by atoms with van der Waals surface area (Å²) in [5.41, 5.74) is 6.00. The van der Waals surface area contributed by atoms with Crippen molar-refractivity contribution >= 4 is 29.6 Å². The average molecular weight is 382 g/mol. The van der Waals surface area contributed by atoms with E-state index in [2.05, 4.69) is 22.1 Å². The van der Waals surface area contributed by atoms with Gasteiger partial charge in [-0.15, -0.1) is 0 Å². The van der Waals surface area contributed by atoms with E-state index in [9.17, 15) is 9.59 Å². The normalized spacial score (nSPS) is 9.10. The van der Waals surface area contributed by atoms with Crippen LogP contribution >= 0.6 is 0 Å². The zero-order valence-electron chi connectivity index (χ0n) is 15.4. The molecule has 6 heteroatoms. The molecular weight excluding hydrogens is 366 g/mol. The van der Waals surface area contributed by atoms with Gasteiger partial charge in [0.05, 0.1) is 11.4 Å². The molecule has 3 aromatic rings. The standard InChI is InChI=1S/C22H16N2O2.CNO/c25-15-23-21-9-5-17(6-10-21)13-19-3-1-2-4-20(19)14-18-7-11-22(12-8-18)24-16-26;2-1-3/h1-12H,13-14H2;/q;-1. The Balaban J connectivity index is 0.000000941. The van der Waals surface area contributed by atoms with Crippen LogP contribution in [0.2, 0.25) is 0 Å². The number of nitrogens with zero attached hydrogens (tertiary/aromatic N) is 3. The van der Waals surface area contributed by atoms with Crippen molar-refractivity contribution in [1.29, 1.82) is 0 Å². The highest BCUT2D eigenvalue weighted by Gasteiger charge is 2.05. The van der Waals surface area contributed by atoms with Gasteiger partial charge in [0, 0.05) is 0 Å². The lowest BCUT2D eigenvalue weighted by molar-refractivity contribution is 0.564. The van der Waals surface area contributed by atoms with E-state index >= 15 is 0 Å². The van der Waals surface area contributed by atoms with Crippen LogP contribution in [0, 0.1) is 0 Å². The van der Waals surface area contributed by atoms with E-state index in [4.69, 9.17) is 10.2 Å². The molecule has 0 atom stereocenters. The van der Waals surface area contributed by atoms with E-state index in [-0.39, 0.29) is 0 Å². The lowest BCUT2D eigenvalue weighted by atomic mass is 9.95. The Bertz CT molecular complexity index is 989. The van der Waals surface area contributed by atoms with Gasteiger partial charge in [0.1, 0.15) is 0 Å². The first kappa shape index (κ1) is 21.1. The number of rotatable bonds is 6. The molecule has 3 aromatic carbocycles. The zero-order valence-corrected chi connectivity index (χ0v) is 15.4. The number of hydrogen-bond donors (Lipinski definition) is 0. The minimum Gasteiger partial charge on any atom is -0.724 e. The van der Waals surface area contributed by atoms with Crippen LogP contribution < -0.4 is 0 Å². The second-order valence-corrected chi connectivity index (χ2v) is 5.95. The molecule has 0 N–H and O–H groups in total. The molecule has 0 saturated heterocycles. The Morgan fingerprint density at radius 3 is 1.28 bits per heavy atom. The molecule has 3 rings (SSSR count). The largest absolute Gasteiger partial charge is 0.724 e. The van der Waals surface area contributed by atoms with Crippen molar-refractivity contribution in [2.24, 2.45) is 9.98 Å². The van der Waals surface area contributed by atoms with Crippen molar-refractivity contribution in [3.63, 3.8) is 0 Å². The van der Waals surface area contributed by atoms with Gasteiger partial charge in [-0.1, -0.05) is 48.5 Å². The van der Waals surface area contributed by atoms with E-state index < -0.39 is 0 Å². The maximum atomic E-state index is 10.3. The van der Waals surface area contributed by atoms with E-state index in [1.54, 1.807) is 12.2 Å². The number of benzene rings is 3. The molecule has 0 unspecified atom stereocenters. The highest BCUT2D eigenvalue weighted by molar-refractivity contribution is 5.51. The summed E-state index contributed by atoms with van der Waals surface area (Å²) in [5.74, 6) is 0. The van der Waals surface area contributed by atoms with Crippen LogP contribution in [-0.4, -0.2) is 18.2 Å². The lowest BCUT2D eigenvalue weighted by Gasteiger charge is -2.10. The maximum Gasteiger partial charge on any atom is 0.240 e. The molecule has 0 heterocycles. The molecule has 142 valence electrons. The molecular formula is C23H16N3O3-. The Labute approximate surface area is 167 Å². The third-order valence-corrected chi connectivity index (χ3v) is 4.13. The van der Waals surface area contributed by atoms with Crippen LogP contribution in [0.25, 0.3) is 5.41 Å². The first-order valence-corrected chi connectivity index (χ1v) is 8.61. The summed E-state index contributed by atoms with van der Waals surface area (Å²) in [4.78, 5) is 36.1. The van der Waals surface area contributed by atoms with Gasteiger partial charge in [0.25, 0.3) is 0 Å². The van der Waals surface area contributed by atoms with Crippen molar-refractivity contribution in [3.8, 4) is 0 Å². The van der Waals surface area contributed by atoms with Crippen LogP contribution in [0.4, 0.5) is 11.4 Å². The first-order valence-electron chi connectivity index (χ1n) is 8.61. The highest BCUT2D eigenvalue weighted by atomic mass is 16.1. The predicted octanol–water partition coefficient (Wildman–Crippen LogP) is 4.69. The molecule has 29 heavy (non-hydrogen) atoms. The summed E-state index contributed by atoms with van der Waals surface area (Å²) in [5, 5.41) is 6.76. The van der Waals surface area contributed by atoms with Crippen LogP contribution in [0.15, 0.2) is 82.8 Å². The average Bonchev–Trinajstić information content (AvgIpc) is 2.73. The number of aliphatic imine (C=N–C) groups is 2. The maximum absolute atomic E-state index is 10.3. The molecule has 0 aliphatic carbocycles. The smallest absolute Gasteiger partial charge is 0.240 e. The van der Waals surface area contributed by atoms with Gasteiger partial charge in [-0.05, 0) is 65.4 Å². The minimum atomic E-state index is 0.500. The third-order valence-electron chi connectivity index (χ3n) is 4.13. The Kier molecular flexibility index (Phi) is 8.37. The van der Waals surface area contributed by atoms with Gasteiger partial charge in [-0.25, -0.2) is 9.59 Å². The molecule has 0 spiro atoms. The van der Waals surface area contributed by atoms with Gasteiger partial charge >= 0.3 is 0 Å². The van der Waals surface area contributed by atoms with Gasteiger partial charge in [0.15, 0.2) is 0 Å². The van der Waals surface area contributed by atoms with Crippen molar-refractivity contribution in [2.45, 2.75) is 12.8 Å². The molecule has 0 bridgehead atoms. The fourth-order valence-corrected chi connectivity index (χ4v) is 2.82. The molecule has 0 saturated carbocycles. The van der Waals surface area contributed by atoms with Gasteiger partial charge < -0.3 is 5.41 Å². The monoisotopic (exact) mass is 382 g/mol. The third kappa shape index (κ3) is 6.79. The van der Waals surface area contributed by atoms with E-state index in [1.807, 2.05) is 60.7 Å². The van der Waals surface area contributed by atoms with Crippen molar-refractivity contribution in [3.05, 3.63) is 100 Å². The molecule has 0 aliphatic heterocycles. The van der Waals surface area contributed by atoms with Gasteiger partial charge in [-0.3, -0.25) is 4.79 Å². The molecule has 0 aliphatic rings. The summed E-state index contributed by atoms with van der Waals surface area (Å²) in [6.45, 7) is 0. The van der Waals surface area contributed by atoms with Crippen LogP contribution in [0.5, 0.6) is 0 Å². The highest BCUT2D eigenvalue weighted by Crippen LogP contribution is 2.21. The SMILES string of the molecule is O=C=Nc1ccc(Cc2ccccc2Cc2ccc(N=C=O)cc2)cc1.[N-]=C=O. The fraction of sp³-hybridized carbons (Fsp3) is 0.0870. The van der Waals surface area contributed by atoms with Crippen molar-refractivity contribution < 1.29 is 14.4 Å². The zero-order chi connectivity index (χ0) is 20.9. The van der Waals surface area contributed by atoms with Gasteiger partial charge in [-0.2, -0.15) is 9.98 Å². The second kappa shape index (κ2) is 11.5. The minimum absolute atomic E-state index is 0.500. The summed E-state index contributed by atoms with van der Waals surface area (Å²) < 4.78 is 0. The fourth-order valence-electron chi connectivity index (χ4n) is 2.82. The second-order valence-electron chi connectivity index (χ2n) is 5.95. The molecule has 0 fully saturated rings. The predicted molar refractivity (Wildman–Crippen MR) is 110 cm³/mol. The first-order chi connectivity index (χ1) is 14.2. The van der Waals surface area contributed by atoms with Crippen LogP contribution in [0.3, 0.4) is 0 Å². The number of hydrogen-bond acceptors (Lipinski definition) is 5. The van der Waals surface area contributed by atoms with Gasteiger partial charge in [0.2, 0.25) is 12.2 Å². The summed E-state index contributed by atoms with van der Waals surface area (Å²) in [6.07, 6.45) is 5.20. The number of carbonyl (C=O) groups excluding carboxylic acids is 3.